The van der Waals surface area contributed by atoms with Gasteiger partial charge in [-0.15, -0.1) is 11.3 Å². The quantitative estimate of drug-likeness (QED) is 0.772. The SMILES string of the molecule is CCNC(=O)CCNCc1ccc(F)c(-c2cccs2)c1. The van der Waals surface area contributed by atoms with Crippen molar-refractivity contribution in [2.45, 2.75) is 19.9 Å². The van der Waals surface area contributed by atoms with Crippen molar-refractivity contribution < 1.29 is 9.18 Å². The topological polar surface area (TPSA) is 41.1 Å². The molecule has 0 unspecified atom stereocenters. The summed E-state index contributed by atoms with van der Waals surface area (Å²) in [6.45, 7) is 3.78. The first-order chi connectivity index (χ1) is 10.2. The van der Waals surface area contributed by atoms with Crippen LogP contribution in [-0.4, -0.2) is 19.0 Å². The van der Waals surface area contributed by atoms with Gasteiger partial charge in [-0.3, -0.25) is 4.79 Å². The Morgan fingerprint density at radius 3 is 2.90 bits per heavy atom. The van der Waals surface area contributed by atoms with Crippen molar-refractivity contribution in [1.29, 1.82) is 0 Å². The van der Waals surface area contributed by atoms with E-state index in [1.807, 2.05) is 30.5 Å². The Hall–Kier alpha value is -1.72. The molecule has 5 heteroatoms. The summed E-state index contributed by atoms with van der Waals surface area (Å²) in [7, 11) is 0. The molecule has 0 saturated carbocycles. The summed E-state index contributed by atoms with van der Waals surface area (Å²) in [6.07, 6.45) is 0.451. The van der Waals surface area contributed by atoms with Crippen LogP contribution in [0.3, 0.4) is 0 Å². The molecule has 1 aromatic heterocycles. The fraction of sp³-hybridized carbons (Fsp3) is 0.312. The lowest BCUT2D eigenvalue weighted by molar-refractivity contribution is -0.120. The third-order valence-electron chi connectivity index (χ3n) is 3.05. The molecule has 0 aliphatic carbocycles. The van der Waals surface area contributed by atoms with E-state index in [1.165, 1.54) is 17.4 Å². The maximum Gasteiger partial charge on any atom is 0.221 e. The highest BCUT2D eigenvalue weighted by Crippen LogP contribution is 2.28. The average Bonchev–Trinajstić information content (AvgIpc) is 2.99. The van der Waals surface area contributed by atoms with Gasteiger partial charge in [-0.1, -0.05) is 12.1 Å². The van der Waals surface area contributed by atoms with Crippen LogP contribution in [0.15, 0.2) is 35.7 Å². The molecule has 3 nitrogen and oxygen atoms in total. The first-order valence-corrected chi connectivity index (χ1v) is 7.88. The third-order valence-corrected chi connectivity index (χ3v) is 3.95. The fourth-order valence-corrected chi connectivity index (χ4v) is 2.77. The van der Waals surface area contributed by atoms with Crippen molar-refractivity contribution in [1.82, 2.24) is 10.6 Å². The van der Waals surface area contributed by atoms with E-state index < -0.39 is 0 Å². The Kier molecular flexibility index (Phi) is 5.90. The highest BCUT2D eigenvalue weighted by Gasteiger charge is 2.07. The normalized spacial score (nSPS) is 10.6. The van der Waals surface area contributed by atoms with Crippen molar-refractivity contribution in [2.24, 2.45) is 0 Å². The number of amides is 1. The summed E-state index contributed by atoms with van der Waals surface area (Å²) in [4.78, 5) is 12.2. The van der Waals surface area contributed by atoms with Gasteiger partial charge >= 0.3 is 0 Å². The van der Waals surface area contributed by atoms with E-state index in [-0.39, 0.29) is 11.7 Å². The Labute approximate surface area is 128 Å². The first kappa shape index (κ1) is 15.7. The Morgan fingerprint density at radius 2 is 2.19 bits per heavy atom. The predicted molar refractivity (Wildman–Crippen MR) is 84.7 cm³/mol. The Bertz CT molecular complexity index is 584. The van der Waals surface area contributed by atoms with Crippen LogP contribution < -0.4 is 10.6 Å². The predicted octanol–water partition coefficient (Wildman–Crippen LogP) is 3.17. The highest BCUT2D eigenvalue weighted by molar-refractivity contribution is 7.13. The zero-order chi connectivity index (χ0) is 15.1. The van der Waals surface area contributed by atoms with Gasteiger partial charge in [0.1, 0.15) is 5.82 Å². The molecule has 1 amide bonds. The van der Waals surface area contributed by atoms with Crippen LogP contribution in [-0.2, 0) is 11.3 Å². The monoisotopic (exact) mass is 306 g/mol. The molecule has 2 N–H and O–H groups in total. The average molecular weight is 306 g/mol. The molecular formula is C16H19FN2OS. The van der Waals surface area contributed by atoms with Gasteiger partial charge in [0.15, 0.2) is 0 Å². The number of carbonyl (C=O) groups is 1. The minimum absolute atomic E-state index is 0.0448. The standard InChI is InChI=1S/C16H19FN2OS/c1-2-19-16(20)7-8-18-11-12-5-6-14(17)13(10-12)15-4-3-9-21-15/h3-6,9-10,18H,2,7-8,11H2,1H3,(H,19,20). The van der Waals surface area contributed by atoms with E-state index in [9.17, 15) is 9.18 Å². The van der Waals surface area contributed by atoms with Crippen molar-refractivity contribution in [3.63, 3.8) is 0 Å². The molecule has 21 heavy (non-hydrogen) atoms. The summed E-state index contributed by atoms with van der Waals surface area (Å²) in [5.74, 6) is -0.160. The molecule has 2 aromatic rings. The summed E-state index contributed by atoms with van der Waals surface area (Å²) in [5, 5.41) is 7.89. The van der Waals surface area contributed by atoms with Crippen molar-refractivity contribution >= 4 is 17.2 Å². The fourth-order valence-electron chi connectivity index (χ4n) is 2.02. The molecule has 112 valence electrons. The maximum atomic E-state index is 13.8. The Balaban J connectivity index is 1.90. The number of benzene rings is 1. The zero-order valence-electron chi connectivity index (χ0n) is 12.0. The minimum Gasteiger partial charge on any atom is -0.356 e. The van der Waals surface area contributed by atoms with Crippen LogP contribution in [0.4, 0.5) is 4.39 Å². The second kappa shape index (κ2) is 7.90. The van der Waals surface area contributed by atoms with Crippen molar-refractivity contribution in [2.75, 3.05) is 13.1 Å². The van der Waals surface area contributed by atoms with E-state index in [0.717, 1.165) is 10.4 Å². The number of thiophene rings is 1. The van der Waals surface area contributed by atoms with Gasteiger partial charge in [0.2, 0.25) is 5.91 Å². The van der Waals surface area contributed by atoms with E-state index in [0.29, 0.717) is 31.6 Å². The smallest absolute Gasteiger partial charge is 0.221 e. The van der Waals surface area contributed by atoms with Gasteiger partial charge in [-0.2, -0.15) is 0 Å². The van der Waals surface area contributed by atoms with E-state index >= 15 is 0 Å². The summed E-state index contributed by atoms with van der Waals surface area (Å²) in [5.41, 5.74) is 1.64. The van der Waals surface area contributed by atoms with Crippen molar-refractivity contribution in [3.05, 3.63) is 47.1 Å². The minimum atomic E-state index is -0.205. The van der Waals surface area contributed by atoms with Gasteiger partial charge in [0, 0.05) is 36.5 Å². The maximum absolute atomic E-state index is 13.8. The lowest BCUT2D eigenvalue weighted by Gasteiger charge is -2.07. The van der Waals surface area contributed by atoms with Crippen LogP contribution in [0.25, 0.3) is 10.4 Å². The summed E-state index contributed by atoms with van der Waals surface area (Å²) < 4.78 is 13.8. The van der Waals surface area contributed by atoms with Gasteiger partial charge < -0.3 is 10.6 Å². The van der Waals surface area contributed by atoms with E-state index in [1.54, 1.807) is 6.07 Å². The van der Waals surface area contributed by atoms with Gasteiger partial charge in [0.05, 0.1) is 0 Å². The van der Waals surface area contributed by atoms with Gasteiger partial charge in [-0.25, -0.2) is 4.39 Å². The number of hydrogen-bond acceptors (Lipinski definition) is 3. The first-order valence-electron chi connectivity index (χ1n) is 7.00. The molecule has 0 atom stereocenters. The molecular weight excluding hydrogens is 287 g/mol. The van der Waals surface area contributed by atoms with Gasteiger partial charge in [-0.05, 0) is 36.1 Å². The van der Waals surface area contributed by atoms with Crippen molar-refractivity contribution in [3.8, 4) is 10.4 Å². The van der Waals surface area contributed by atoms with Crippen LogP contribution in [0.2, 0.25) is 0 Å². The molecule has 0 saturated heterocycles. The molecule has 0 fully saturated rings. The van der Waals surface area contributed by atoms with Crippen LogP contribution in [0, 0.1) is 5.82 Å². The van der Waals surface area contributed by atoms with E-state index in [4.69, 9.17) is 0 Å². The highest BCUT2D eigenvalue weighted by atomic mass is 32.1. The van der Waals surface area contributed by atoms with E-state index in [2.05, 4.69) is 10.6 Å². The number of nitrogens with one attached hydrogen (secondary N) is 2. The van der Waals surface area contributed by atoms with Crippen LogP contribution in [0.5, 0.6) is 0 Å². The lowest BCUT2D eigenvalue weighted by atomic mass is 10.1. The molecule has 0 bridgehead atoms. The number of carbonyl (C=O) groups excluding carboxylic acids is 1. The molecule has 1 heterocycles. The number of rotatable bonds is 7. The van der Waals surface area contributed by atoms with Gasteiger partial charge in [0.25, 0.3) is 0 Å². The molecule has 0 radical (unpaired) electrons. The summed E-state index contributed by atoms with van der Waals surface area (Å²) >= 11 is 1.52. The summed E-state index contributed by atoms with van der Waals surface area (Å²) in [6, 6.07) is 8.95. The number of halogens is 1. The van der Waals surface area contributed by atoms with Crippen LogP contribution in [0.1, 0.15) is 18.9 Å². The Morgan fingerprint density at radius 1 is 1.33 bits per heavy atom. The zero-order valence-corrected chi connectivity index (χ0v) is 12.8. The molecule has 1 aromatic carbocycles. The van der Waals surface area contributed by atoms with Crippen LogP contribution >= 0.6 is 11.3 Å². The molecule has 2 rings (SSSR count). The number of hydrogen-bond donors (Lipinski definition) is 2. The largest absolute Gasteiger partial charge is 0.356 e. The second-order valence-corrected chi connectivity index (χ2v) is 5.62. The molecule has 0 aliphatic heterocycles. The molecule has 0 aliphatic rings. The third kappa shape index (κ3) is 4.65. The lowest BCUT2D eigenvalue weighted by Crippen LogP contribution is -2.27. The molecule has 0 spiro atoms. The second-order valence-electron chi connectivity index (χ2n) is 4.67.